The first-order valence-corrected chi connectivity index (χ1v) is 12.1. The molecule has 5 unspecified atom stereocenters. The topological polar surface area (TPSA) is 88.7 Å². The van der Waals surface area contributed by atoms with Gasteiger partial charge >= 0.3 is 0 Å². The smallest absolute Gasteiger partial charge is 0.258 e. The molecular weight excluding hydrogens is 430 g/mol. The average molecular weight is 464 g/mol. The van der Waals surface area contributed by atoms with Crippen LogP contribution in [0.25, 0.3) is 0 Å². The maximum absolute atomic E-state index is 12.8. The zero-order valence-electron chi connectivity index (χ0n) is 18.8. The van der Waals surface area contributed by atoms with E-state index in [4.69, 9.17) is 21.1 Å². The third-order valence-corrected chi connectivity index (χ3v) is 7.18. The predicted molar refractivity (Wildman–Crippen MR) is 123 cm³/mol. The van der Waals surface area contributed by atoms with Crippen molar-refractivity contribution in [2.75, 3.05) is 13.2 Å². The van der Waals surface area contributed by atoms with E-state index in [1.54, 1.807) is 24.3 Å². The summed E-state index contributed by atoms with van der Waals surface area (Å²) in [5.74, 6) is 1.43. The molecule has 8 heteroatoms. The lowest BCUT2D eigenvalue weighted by Gasteiger charge is -2.37. The Balaban J connectivity index is 1.21. The quantitative estimate of drug-likeness (QED) is 0.551. The number of halogens is 1. The number of nitrogens with one attached hydrogen (secondary N) is 3. The molecule has 176 valence electrons. The van der Waals surface area contributed by atoms with Crippen LogP contribution in [-0.2, 0) is 14.3 Å². The summed E-state index contributed by atoms with van der Waals surface area (Å²) in [6.45, 7) is 4.75. The van der Waals surface area contributed by atoms with E-state index < -0.39 is 0 Å². The van der Waals surface area contributed by atoms with Crippen LogP contribution in [0, 0.1) is 11.8 Å². The van der Waals surface area contributed by atoms with Gasteiger partial charge in [-0.1, -0.05) is 11.6 Å². The molecule has 2 saturated carbocycles. The van der Waals surface area contributed by atoms with E-state index in [0.29, 0.717) is 29.2 Å². The number of carbonyl (C=O) groups excluding carboxylic acids is 2. The first kappa shape index (κ1) is 23.3. The van der Waals surface area contributed by atoms with Crippen LogP contribution in [0.15, 0.2) is 24.3 Å². The number of carbonyl (C=O) groups is 2. The van der Waals surface area contributed by atoms with Gasteiger partial charge in [0.15, 0.2) is 6.61 Å². The summed E-state index contributed by atoms with van der Waals surface area (Å²) in [7, 11) is 0. The lowest BCUT2D eigenvalue weighted by atomic mass is 9.73. The van der Waals surface area contributed by atoms with Gasteiger partial charge < -0.3 is 25.4 Å². The minimum atomic E-state index is -0.165. The molecule has 6 atom stereocenters. The number of piperidine rings is 1. The van der Waals surface area contributed by atoms with Crippen LogP contribution in [0.5, 0.6) is 5.75 Å². The SMILES string of the molecule is CC(C)OC1CCC(C(=O)NC2C[C@H](NC(=O)COc3ccc(Cl)cc3)C3CCC23)NC1. The Labute approximate surface area is 194 Å². The number of fused-ring (bicyclic) bond motifs is 1. The molecule has 0 bridgehead atoms. The minimum Gasteiger partial charge on any atom is -0.484 e. The highest BCUT2D eigenvalue weighted by atomic mass is 35.5. The number of amides is 2. The predicted octanol–water partition coefficient (Wildman–Crippen LogP) is 2.66. The van der Waals surface area contributed by atoms with Crippen molar-refractivity contribution in [3.05, 3.63) is 29.3 Å². The largest absolute Gasteiger partial charge is 0.484 e. The lowest BCUT2D eigenvalue weighted by molar-refractivity contribution is -0.126. The highest BCUT2D eigenvalue weighted by molar-refractivity contribution is 6.30. The second-order valence-corrected chi connectivity index (χ2v) is 9.95. The van der Waals surface area contributed by atoms with Crippen molar-refractivity contribution < 1.29 is 19.1 Å². The highest BCUT2D eigenvalue weighted by Crippen LogP contribution is 2.47. The Bertz CT molecular complexity index is 795. The second kappa shape index (κ2) is 10.4. The fourth-order valence-electron chi connectivity index (χ4n) is 5.27. The van der Waals surface area contributed by atoms with Crippen LogP contribution >= 0.6 is 11.6 Å². The molecule has 4 rings (SSSR count). The van der Waals surface area contributed by atoms with Gasteiger partial charge in [0, 0.05) is 23.7 Å². The van der Waals surface area contributed by atoms with E-state index >= 15 is 0 Å². The van der Waals surface area contributed by atoms with Gasteiger partial charge in [0.2, 0.25) is 5.91 Å². The summed E-state index contributed by atoms with van der Waals surface area (Å²) in [5, 5.41) is 10.4. The van der Waals surface area contributed by atoms with Gasteiger partial charge in [0.1, 0.15) is 5.75 Å². The molecule has 1 aromatic carbocycles. The van der Waals surface area contributed by atoms with Crippen molar-refractivity contribution >= 4 is 23.4 Å². The van der Waals surface area contributed by atoms with Gasteiger partial charge in [-0.15, -0.1) is 0 Å². The molecule has 0 radical (unpaired) electrons. The van der Waals surface area contributed by atoms with Gasteiger partial charge in [-0.25, -0.2) is 0 Å². The van der Waals surface area contributed by atoms with Crippen LogP contribution < -0.4 is 20.7 Å². The molecule has 7 nitrogen and oxygen atoms in total. The van der Waals surface area contributed by atoms with Crippen LogP contribution in [0.3, 0.4) is 0 Å². The third-order valence-electron chi connectivity index (χ3n) is 6.93. The highest BCUT2D eigenvalue weighted by Gasteiger charge is 2.49. The van der Waals surface area contributed by atoms with Gasteiger partial charge in [-0.05, 0) is 82.1 Å². The summed E-state index contributed by atoms with van der Waals surface area (Å²) >= 11 is 5.87. The molecule has 3 fully saturated rings. The monoisotopic (exact) mass is 463 g/mol. The van der Waals surface area contributed by atoms with E-state index in [1.807, 2.05) is 13.8 Å². The lowest BCUT2D eigenvalue weighted by Crippen LogP contribution is -2.54. The number of ether oxygens (including phenoxy) is 2. The molecule has 1 aliphatic heterocycles. The minimum absolute atomic E-state index is 0.0296. The normalized spacial score (nSPS) is 31.5. The van der Waals surface area contributed by atoms with Crippen LogP contribution in [0.4, 0.5) is 0 Å². The van der Waals surface area contributed by atoms with E-state index in [2.05, 4.69) is 16.0 Å². The first-order chi connectivity index (χ1) is 15.4. The molecule has 0 aromatic heterocycles. The van der Waals surface area contributed by atoms with Crippen molar-refractivity contribution in [1.82, 2.24) is 16.0 Å². The molecule has 3 aliphatic rings. The Morgan fingerprint density at radius 2 is 1.75 bits per heavy atom. The van der Waals surface area contributed by atoms with Crippen molar-refractivity contribution in [1.29, 1.82) is 0 Å². The first-order valence-electron chi connectivity index (χ1n) is 11.8. The fraction of sp³-hybridized carbons (Fsp3) is 0.667. The molecule has 1 heterocycles. The molecule has 32 heavy (non-hydrogen) atoms. The number of benzene rings is 1. The standard InChI is InChI=1S/C24H34ClN3O4/c1-14(2)32-17-7-10-20(26-12-17)24(30)28-22-11-21(18-8-9-19(18)22)27-23(29)13-31-16-5-3-15(25)4-6-16/h3-6,14,17-22,26H,7-13H2,1-2H3,(H,27,29)(H,28,30)/t17?,18?,19?,20?,21-,22?/m0/s1. The number of hydrogen-bond donors (Lipinski definition) is 3. The van der Waals surface area contributed by atoms with Crippen LogP contribution in [0.2, 0.25) is 5.02 Å². The maximum atomic E-state index is 12.8. The molecule has 0 spiro atoms. The zero-order valence-corrected chi connectivity index (χ0v) is 19.6. The Kier molecular flexibility index (Phi) is 7.59. The van der Waals surface area contributed by atoms with Crippen molar-refractivity contribution in [2.24, 2.45) is 11.8 Å². The molecule has 2 amide bonds. The van der Waals surface area contributed by atoms with Crippen LogP contribution in [0.1, 0.15) is 46.0 Å². The third kappa shape index (κ3) is 5.74. The van der Waals surface area contributed by atoms with Gasteiger partial charge in [-0.3, -0.25) is 9.59 Å². The van der Waals surface area contributed by atoms with E-state index in [0.717, 1.165) is 32.1 Å². The molecule has 1 saturated heterocycles. The molecule has 2 aliphatic carbocycles. The fourth-order valence-corrected chi connectivity index (χ4v) is 5.40. The summed E-state index contributed by atoms with van der Waals surface area (Å²) in [6, 6.07) is 7.00. The van der Waals surface area contributed by atoms with E-state index in [-0.39, 0.29) is 48.8 Å². The summed E-state index contributed by atoms with van der Waals surface area (Å²) in [6.07, 6.45) is 5.03. The van der Waals surface area contributed by atoms with Crippen molar-refractivity contribution in [3.8, 4) is 5.75 Å². The van der Waals surface area contributed by atoms with Gasteiger partial charge in [0.25, 0.3) is 5.91 Å². The van der Waals surface area contributed by atoms with E-state index in [1.165, 1.54) is 0 Å². The van der Waals surface area contributed by atoms with E-state index in [9.17, 15) is 9.59 Å². The van der Waals surface area contributed by atoms with Gasteiger partial charge in [0.05, 0.1) is 18.2 Å². The average Bonchev–Trinajstić information content (AvgIpc) is 2.94. The maximum Gasteiger partial charge on any atom is 0.258 e. The number of hydrogen-bond acceptors (Lipinski definition) is 5. The Morgan fingerprint density at radius 1 is 1.06 bits per heavy atom. The van der Waals surface area contributed by atoms with Crippen LogP contribution in [-0.4, -0.2) is 55.3 Å². The molecule has 3 N–H and O–H groups in total. The number of rotatable bonds is 8. The molecule has 1 aromatic rings. The van der Waals surface area contributed by atoms with Gasteiger partial charge in [-0.2, -0.15) is 0 Å². The van der Waals surface area contributed by atoms with Crippen molar-refractivity contribution in [3.63, 3.8) is 0 Å². The second-order valence-electron chi connectivity index (χ2n) is 9.52. The zero-order chi connectivity index (χ0) is 22.7. The summed E-state index contributed by atoms with van der Waals surface area (Å²) in [4.78, 5) is 25.3. The Morgan fingerprint density at radius 3 is 2.34 bits per heavy atom. The van der Waals surface area contributed by atoms with Crippen molar-refractivity contribution in [2.45, 2.75) is 76.3 Å². The molecular formula is C24H34ClN3O4. The summed E-state index contributed by atoms with van der Waals surface area (Å²) in [5.41, 5.74) is 0. The Hall–Kier alpha value is -1.83. The summed E-state index contributed by atoms with van der Waals surface area (Å²) < 4.78 is 11.4.